The fourth-order valence-electron chi connectivity index (χ4n) is 3.24. The molecule has 0 saturated carbocycles. The quantitative estimate of drug-likeness (QED) is 0.813. The van der Waals surface area contributed by atoms with Crippen LogP contribution in [0.2, 0.25) is 0 Å². The minimum absolute atomic E-state index is 0.0679. The van der Waals surface area contributed by atoms with Crippen molar-refractivity contribution >= 4 is 22.4 Å². The van der Waals surface area contributed by atoms with Crippen LogP contribution in [0.15, 0.2) is 5.38 Å². The maximum atomic E-state index is 12.5. The van der Waals surface area contributed by atoms with E-state index in [1.165, 1.54) is 12.8 Å². The van der Waals surface area contributed by atoms with Gasteiger partial charge in [-0.1, -0.05) is 0 Å². The van der Waals surface area contributed by atoms with Crippen molar-refractivity contribution in [2.75, 3.05) is 44.3 Å². The molecule has 3 N–H and O–H groups in total. The van der Waals surface area contributed by atoms with Crippen LogP contribution in [0.25, 0.3) is 0 Å². The van der Waals surface area contributed by atoms with Gasteiger partial charge in [0.05, 0.1) is 11.1 Å². The Kier molecular flexibility index (Phi) is 5.50. The summed E-state index contributed by atoms with van der Waals surface area (Å²) in [5.41, 5.74) is 6.48. The van der Waals surface area contributed by atoms with E-state index in [1.54, 1.807) is 11.3 Å². The van der Waals surface area contributed by atoms with E-state index in [2.05, 4.69) is 20.6 Å². The number of rotatable bonds is 6. The Morgan fingerprint density at radius 3 is 2.83 bits per heavy atom. The Balaban J connectivity index is 1.48. The lowest BCUT2D eigenvalue weighted by Gasteiger charge is -2.34. The third-order valence-corrected chi connectivity index (χ3v) is 5.86. The van der Waals surface area contributed by atoms with Crippen molar-refractivity contribution in [3.63, 3.8) is 0 Å². The largest absolute Gasteiger partial charge is 0.381 e. The molecule has 1 amide bonds. The Labute approximate surface area is 141 Å². The molecule has 7 heteroatoms. The van der Waals surface area contributed by atoms with Crippen LogP contribution in [0.1, 0.15) is 31.4 Å². The highest BCUT2D eigenvalue weighted by Gasteiger charge is 2.38. The molecule has 3 rings (SSSR count). The van der Waals surface area contributed by atoms with E-state index in [0.29, 0.717) is 39.1 Å². The van der Waals surface area contributed by atoms with Crippen LogP contribution in [-0.4, -0.2) is 50.3 Å². The molecule has 1 aromatic heterocycles. The zero-order valence-corrected chi connectivity index (χ0v) is 14.4. The third-order valence-electron chi connectivity index (χ3n) is 4.91. The van der Waals surface area contributed by atoms with E-state index in [1.807, 2.05) is 0 Å². The van der Waals surface area contributed by atoms with Crippen LogP contribution in [-0.2, 0) is 16.0 Å². The van der Waals surface area contributed by atoms with Crippen LogP contribution in [0.5, 0.6) is 0 Å². The van der Waals surface area contributed by atoms with E-state index >= 15 is 0 Å². The maximum Gasteiger partial charge on any atom is 0.227 e. The zero-order chi connectivity index (χ0) is 16.1. The first-order valence-corrected chi connectivity index (χ1v) is 9.37. The highest BCUT2D eigenvalue weighted by Crippen LogP contribution is 2.29. The number of nitrogens with one attached hydrogen (secondary N) is 1. The second-order valence-corrected chi connectivity index (χ2v) is 7.25. The van der Waals surface area contributed by atoms with Crippen LogP contribution >= 0.6 is 11.3 Å². The van der Waals surface area contributed by atoms with Gasteiger partial charge < -0.3 is 20.7 Å². The van der Waals surface area contributed by atoms with Gasteiger partial charge in [0.25, 0.3) is 0 Å². The summed E-state index contributed by atoms with van der Waals surface area (Å²) in [6, 6.07) is 0. The number of anilines is 1. The van der Waals surface area contributed by atoms with Gasteiger partial charge in [-0.05, 0) is 25.7 Å². The van der Waals surface area contributed by atoms with E-state index < -0.39 is 5.41 Å². The summed E-state index contributed by atoms with van der Waals surface area (Å²) in [6.07, 6.45) is 4.72. The molecule has 2 aliphatic rings. The molecule has 6 nitrogen and oxygen atoms in total. The van der Waals surface area contributed by atoms with E-state index in [-0.39, 0.29) is 5.91 Å². The molecular weight excluding hydrogens is 312 g/mol. The second-order valence-electron chi connectivity index (χ2n) is 6.42. The number of hydrogen-bond donors (Lipinski definition) is 2. The summed E-state index contributed by atoms with van der Waals surface area (Å²) < 4.78 is 5.35. The molecule has 0 aromatic carbocycles. The van der Waals surface area contributed by atoms with Crippen molar-refractivity contribution in [3.05, 3.63) is 11.1 Å². The summed E-state index contributed by atoms with van der Waals surface area (Å²) in [4.78, 5) is 19.5. The summed E-state index contributed by atoms with van der Waals surface area (Å²) in [5, 5.41) is 6.27. The SMILES string of the molecule is NCC1(C(=O)NCCc2csc(N3CCCC3)n2)CCOCC1. The molecule has 3 heterocycles. The predicted molar refractivity (Wildman–Crippen MR) is 91.8 cm³/mol. The molecule has 0 spiro atoms. The predicted octanol–water partition coefficient (Wildman–Crippen LogP) is 1.16. The lowest BCUT2D eigenvalue weighted by atomic mass is 9.79. The van der Waals surface area contributed by atoms with Gasteiger partial charge in [0.1, 0.15) is 0 Å². The standard InChI is InChI=1S/C16H26N4O2S/c17-12-16(4-9-22-10-5-16)14(21)18-6-3-13-11-23-15(19-13)20-7-1-2-8-20/h11H,1-10,12,17H2,(H,18,21). The molecule has 2 fully saturated rings. The van der Waals surface area contributed by atoms with Crippen LogP contribution < -0.4 is 16.0 Å². The first-order chi connectivity index (χ1) is 11.2. The number of nitrogens with two attached hydrogens (primary N) is 1. The third kappa shape index (κ3) is 3.84. The summed E-state index contributed by atoms with van der Waals surface area (Å²) >= 11 is 1.70. The molecule has 23 heavy (non-hydrogen) atoms. The maximum absolute atomic E-state index is 12.5. The lowest BCUT2D eigenvalue weighted by Crippen LogP contribution is -2.49. The molecule has 0 unspecified atom stereocenters. The summed E-state index contributed by atoms with van der Waals surface area (Å²) in [5.74, 6) is 0.0679. The fourth-order valence-corrected chi connectivity index (χ4v) is 4.16. The van der Waals surface area contributed by atoms with Crippen molar-refractivity contribution in [1.29, 1.82) is 0 Å². The van der Waals surface area contributed by atoms with Crippen LogP contribution in [0.3, 0.4) is 0 Å². The van der Waals surface area contributed by atoms with Crippen molar-refractivity contribution < 1.29 is 9.53 Å². The van der Waals surface area contributed by atoms with Crippen molar-refractivity contribution in [2.45, 2.75) is 32.1 Å². The van der Waals surface area contributed by atoms with Gasteiger partial charge in [-0.3, -0.25) is 4.79 Å². The number of ether oxygens (including phenoxy) is 1. The number of amides is 1. The topological polar surface area (TPSA) is 80.5 Å². The average molecular weight is 338 g/mol. The first-order valence-electron chi connectivity index (χ1n) is 8.49. The average Bonchev–Trinajstić information content (AvgIpc) is 3.26. The Bertz CT molecular complexity index is 522. The van der Waals surface area contributed by atoms with Gasteiger partial charge in [-0.2, -0.15) is 0 Å². The first kappa shape index (κ1) is 16.7. The Morgan fingerprint density at radius 2 is 2.13 bits per heavy atom. The Morgan fingerprint density at radius 1 is 1.39 bits per heavy atom. The van der Waals surface area contributed by atoms with Gasteiger partial charge in [0.15, 0.2) is 5.13 Å². The van der Waals surface area contributed by atoms with Gasteiger partial charge >= 0.3 is 0 Å². The number of aromatic nitrogens is 1. The van der Waals surface area contributed by atoms with Gasteiger partial charge in [0, 0.05) is 51.2 Å². The minimum atomic E-state index is -0.443. The monoisotopic (exact) mass is 338 g/mol. The van der Waals surface area contributed by atoms with Crippen molar-refractivity contribution in [2.24, 2.45) is 11.1 Å². The number of hydrogen-bond acceptors (Lipinski definition) is 6. The van der Waals surface area contributed by atoms with E-state index in [0.717, 1.165) is 30.3 Å². The molecular formula is C16H26N4O2S. The number of carbonyl (C=O) groups excluding carboxylic acids is 1. The molecule has 1 aromatic rings. The van der Waals surface area contributed by atoms with Gasteiger partial charge in [0.2, 0.25) is 5.91 Å². The normalized spacial score (nSPS) is 20.7. The molecule has 2 aliphatic heterocycles. The Hall–Kier alpha value is -1.18. The van der Waals surface area contributed by atoms with Gasteiger partial charge in [-0.25, -0.2) is 4.98 Å². The summed E-state index contributed by atoms with van der Waals surface area (Å²) in [7, 11) is 0. The second kappa shape index (κ2) is 7.59. The van der Waals surface area contributed by atoms with Crippen LogP contribution in [0.4, 0.5) is 5.13 Å². The van der Waals surface area contributed by atoms with E-state index in [4.69, 9.17) is 10.5 Å². The molecule has 0 aliphatic carbocycles. The number of carbonyl (C=O) groups is 1. The molecule has 0 bridgehead atoms. The molecule has 128 valence electrons. The van der Waals surface area contributed by atoms with Crippen LogP contribution in [0, 0.1) is 5.41 Å². The highest BCUT2D eigenvalue weighted by molar-refractivity contribution is 7.13. The lowest BCUT2D eigenvalue weighted by molar-refractivity contribution is -0.135. The zero-order valence-electron chi connectivity index (χ0n) is 13.6. The summed E-state index contributed by atoms with van der Waals surface area (Å²) in [6.45, 7) is 4.48. The highest BCUT2D eigenvalue weighted by atomic mass is 32.1. The van der Waals surface area contributed by atoms with Crippen molar-refractivity contribution in [3.8, 4) is 0 Å². The minimum Gasteiger partial charge on any atom is -0.381 e. The van der Waals surface area contributed by atoms with Crippen molar-refractivity contribution in [1.82, 2.24) is 10.3 Å². The smallest absolute Gasteiger partial charge is 0.227 e. The van der Waals surface area contributed by atoms with Gasteiger partial charge in [-0.15, -0.1) is 11.3 Å². The molecule has 2 saturated heterocycles. The fraction of sp³-hybridized carbons (Fsp3) is 0.750. The molecule has 0 atom stereocenters. The number of thiazole rings is 1. The number of nitrogens with zero attached hydrogens (tertiary/aromatic N) is 2. The molecule has 0 radical (unpaired) electrons. The van der Waals surface area contributed by atoms with E-state index in [9.17, 15) is 4.79 Å².